The number of carbonyl (C=O) groups excluding carboxylic acids is 1. The van der Waals surface area contributed by atoms with Crippen LogP contribution in [0.3, 0.4) is 0 Å². The maximum absolute atomic E-state index is 12.3. The van der Waals surface area contributed by atoms with E-state index >= 15 is 0 Å². The van der Waals surface area contributed by atoms with E-state index in [0.717, 1.165) is 5.56 Å². The summed E-state index contributed by atoms with van der Waals surface area (Å²) in [5, 5.41) is 11.5. The molecule has 0 aromatic heterocycles. The number of amides is 1. The van der Waals surface area contributed by atoms with Gasteiger partial charge in [-0.05, 0) is 56.4 Å². The third-order valence-corrected chi connectivity index (χ3v) is 5.90. The van der Waals surface area contributed by atoms with Crippen molar-refractivity contribution in [3.05, 3.63) is 34.9 Å². The third-order valence-electron chi connectivity index (χ3n) is 4.22. The van der Waals surface area contributed by atoms with Crippen molar-refractivity contribution in [2.75, 3.05) is 6.26 Å². The zero-order valence-corrected chi connectivity index (χ0v) is 13.6. The summed E-state index contributed by atoms with van der Waals surface area (Å²) in [6.07, 6.45) is 3.82. The number of sulfone groups is 1. The molecule has 1 aliphatic rings. The molecule has 5 nitrogen and oxygen atoms in total. The number of nitriles is 1. The average molecular weight is 320 g/mol. The molecular weight excluding hydrogens is 300 g/mol. The third kappa shape index (κ3) is 3.86. The maximum atomic E-state index is 12.3. The molecule has 2 rings (SSSR count). The Kier molecular flexibility index (Phi) is 4.87. The maximum Gasteiger partial charge on any atom is 0.251 e. The molecule has 6 heteroatoms. The molecule has 1 fully saturated rings. The molecule has 0 unspecified atom stereocenters. The number of nitrogens with one attached hydrogen (secondary N) is 1. The Morgan fingerprint density at radius 2 is 1.91 bits per heavy atom. The van der Waals surface area contributed by atoms with Crippen LogP contribution in [0.25, 0.3) is 0 Å². The second-order valence-electron chi connectivity index (χ2n) is 5.92. The van der Waals surface area contributed by atoms with Crippen molar-refractivity contribution < 1.29 is 13.2 Å². The lowest BCUT2D eigenvalue weighted by atomic mass is 9.94. The van der Waals surface area contributed by atoms with Crippen molar-refractivity contribution in [1.82, 2.24) is 5.32 Å². The van der Waals surface area contributed by atoms with E-state index < -0.39 is 9.84 Å². The zero-order valence-electron chi connectivity index (χ0n) is 12.8. The molecule has 0 bridgehead atoms. The van der Waals surface area contributed by atoms with E-state index in [9.17, 15) is 13.2 Å². The normalized spacial score (nSPS) is 21.9. The van der Waals surface area contributed by atoms with Gasteiger partial charge >= 0.3 is 0 Å². The van der Waals surface area contributed by atoms with Crippen molar-refractivity contribution in [1.29, 1.82) is 5.26 Å². The van der Waals surface area contributed by atoms with Crippen LogP contribution in [0.2, 0.25) is 0 Å². The van der Waals surface area contributed by atoms with Crippen LogP contribution in [0.4, 0.5) is 0 Å². The number of carbonyl (C=O) groups is 1. The molecule has 1 aromatic carbocycles. The molecule has 22 heavy (non-hydrogen) atoms. The molecule has 0 heterocycles. The summed E-state index contributed by atoms with van der Waals surface area (Å²) in [5.74, 6) is -0.162. The molecule has 1 aliphatic carbocycles. The first-order valence-corrected chi connectivity index (χ1v) is 9.27. The Bertz CT molecular complexity index is 711. The van der Waals surface area contributed by atoms with Crippen LogP contribution in [-0.4, -0.2) is 31.9 Å². The minimum Gasteiger partial charge on any atom is -0.349 e. The van der Waals surface area contributed by atoms with Gasteiger partial charge in [0.2, 0.25) is 0 Å². The summed E-state index contributed by atoms with van der Waals surface area (Å²) >= 11 is 0. The van der Waals surface area contributed by atoms with Gasteiger partial charge in [-0.25, -0.2) is 8.42 Å². The molecular formula is C16H20N2O3S. The van der Waals surface area contributed by atoms with Crippen LogP contribution >= 0.6 is 0 Å². The molecule has 0 saturated heterocycles. The van der Waals surface area contributed by atoms with Gasteiger partial charge in [-0.1, -0.05) is 0 Å². The molecule has 1 amide bonds. The lowest BCUT2D eigenvalue weighted by molar-refractivity contribution is 0.0927. The van der Waals surface area contributed by atoms with Gasteiger partial charge in [-0.3, -0.25) is 4.79 Å². The molecule has 0 atom stereocenters. The molecule has 1 saturated carbocycles. The minimum absolute atomic E-state index is 0.0144. The van der Waals surface area contributed by atoms with Gasteiger partial charge in [0.25, 0.3) is 5.91 Å². The van der Waals surface area contributed by atoms with Gasteiger partial charge in [0, 0.05) is 17.9 Å². The van der Waals surface area contributed by atoms with Crippen molar-refractivity contribution in [2.24, 2.45) is 0 Å². The largest absolute Gasteiger partial charge is 0.349 e. The Morgan fingerprint density at radius 1 is 1.27 bits per heavy atom. The summed E-state index contributed by atoms with van der Waals surface area (Å²) in [6.45, 7) is 1.80. The molecule has 0 spiro atoms. The van der Waals surface area contributed by atoms with Crippen LogP contribution < -0.4 is 5.32 Å². The van der Waals surface area contributed by atoms with Gasteiger partial charge < -0.3 is 5.32 Å². The quantitative estimate of drug-likeness (QED) is 0.922. The summed E-state index contributed by atoms with van der Waals surface area (Å²) in [6, 6.07) is 7.04. The van der Waals surface area contributed by atoms with Gasteiger partial charge in [-0.15, -0.1) is 0 Å². The number of aryl methyl sites for hydroxylation is 1. The van der Waals surface area contributed by atoms with Crippen molar-refractivity contribution >= 4 is 15.7 Å². The lowest BCUT2D eigenvalue weighted by Gasteiger charge is -2.28. The highest BCUT2D eigenvalue weighted by Gasteiger charge is 2.28. The highest BCUT2D eigenvalue weighted by molar-refractivity contribution is 7.91. The summed E-state index contributed by atoms with van der Waals surface area (Å²) in [4.78, 5) is 12.3. The van der Waals surface area contributed by atoms with Crippen LogP contribution in [0.5, 0.6) is 0 Å². The molecule has 1 aromatic rings. The first-order chi connectivity index (χ1) is 10.3. The number of benzene rings is 1. The average Bonchev–Trinajstić information content (AvgIpc) is 2.46. The first kappa shape index (κ1) is 16.5. The van der Waals surface area contributed by atoms with Crippen LogP contribution in [0, 0.1) is 18.3 Å². The smallest absolute Gasteiger partial charge is 0.251 e. The Hall–Kier alpha value is -1.87. The highest BCUT2D eigenvalue weighted by Crippen LogP contribution is 2.24. The zero-order chi connectivity index (χ0) is 16.3. The number of rotatable bonds is 3. The number of hydrogen-bond donors (Lipinski definition) is 1. The van der Waals surface area contributed by atoms with E-state index in [4.69, 9.17) is 5.26 Å². The molecule has 118 valence electrons. The van der Waals surface area contributed by atoms with Crippen molar-refractivity contribution in [3.8, 4) is 6.07 Å². The highest BCUT2D eigenvalue weighted by atomic mass is 32.2. The van der Waals surface area contributed by atoms with Gasteiger partial charge in [-0.2, -0.15) is 5.26 Å². The predicted octanol–water partition coefficient (Wildman–Crippen LogP) is 1.95. The topological polar surface area (TPSA) is 87.0 Å². The van der Waals surface area contributed by atoms with Crippen molar-refractivity contribution in [2.45, 2.75) is 43.9 Å². The van der Waals surface area contributed by atoms with E-state index in [2.05, 4.69) is 5.32 Å². The van der Waals surface area contributed by atoms with Crippen LogP contribution in [0.15, 0.2) is 18.2 Å². The van der Waals surface area contributed by atoms with Gasteiger partial charge in [0.05, 0.1) is 16.9 Å². The molecule has 1 N–H and O–H groups in total. The van der Waals surface area contributed by atoms with E-state index in [1.165, 1.54) is 6.26 Å². The monoisotopic (exact) mass is 320 g/mol. The molecule has 0 aliphatic heterocycles. The van der Waals surface area contributed by atoms with Crippen LogP contribution in [0.1, 0.15) is 47.2 Å². The summed E-state index contributed by atoms with van der Waals surface area (Å²) in [7, 11) is -2.99. The van der Waals surface area contributed by atoms with E-state index in [1.54, 1.807) is 25.1 Å². The van der Waals surface area contributed by atoms with E-state index in [1.807, 2.05) is 6.07 Å². The molecule has 0 radical (unpaired) electrons. The minimum atomic E-state index is -2.99. The standard InChI is InChI=1S/C16H20N2O3S/c1-11-9-12(10-17)3-8-15(11)16(19)18-13-4-6-14(7-5-13)22(2,20)21/h3,8-9,13-14H,4-7H2,1-2H3,(H,18,19). The number of nitrogens with zero attached hydrogens (tertiary/aromatic N) is 1. The lowest BCUT2D eigenvalue weighted by Crippen LogP contribution is -2.40. The Balaban J connectivity index is 1.98. The summed E-state index contributed by atoms with van der Waals surface area (Å²) in [5.41, 5.74) is 1.85. The van der Waals surface area contributed by atoms with E-state index in [0.29, 0.717) is 36.8 Å². The second-order valence-corrected chi connectivity index (χ2v) is 8.24. The van der Waals surface area contributed by atoms with E-state index in [-0.39, 0.29) is 17.2 Å². The first-order valence-electron chi connectivity index (χ1n) is 7.31. The van der Waals surface area contributed by atoms with Gasteiger partial charge in [0.15, 0.2) is 0 Å². The SMILES string of the molecule is Cc1cc(C#N)ccc1C(=O)NC1CCC(S(C)(=O)=O)CC1. The Labute approximate surface area is 131 Å². The van der Waals surface area contributed by atoms with Crippen molar-refractivity contribution in [3.63, 3.8) is 0 Å². The fourth-order valence-corrected chi connectivity index (χ4v) is 4.01. The second kappa shape index (κ2) is 6.49. The summed E-state index contributed by atoms with van der Waals surface area (Å²) < 4.78 is 23.1. The van der Waals surface area contributed by atoms with Gasteiger partial charge in [0.1, 0.15) is 9.84 Å². The fourth-order valence-electron chi connectivity index (χ4n) is 2.89. The predicted molar refractivity (Wildman–Crippen MR) is 84.2 cm³/mol. The number of hydrogen-bond acceptors (Lipinski definition) is 4. The fraction of sp³-hybridized carbons (Fsp3) is 0.500. The Morgan fingerprint density at radius 3 is 2.41 bits per heavy atom. The van der Waals surface area contributed by atoms with Crippen LogP contribution in [-0.2, 0) is 9.84 Å².